The van der Waals surface area contributed by atoms with Gasteiger partial charge in [-0.05, 0) is 26.7 Å². The van der Waals surface area contributed by atoms with E-state index in [1.807, 2.05) is 11.8 Å². The van der Waals surface area contributed by atoms with Gasteiger partial charge < -0.3 is 15.0 Å². The van der Waals surface area contributed by atoms with Crippen LogP contribution in [0.1, 0.15) is 33.1 Å². The van der Waals surface area contributed by atoms with Crippen LogP contribution in [-0.2, 0) is 9.53 Å². The average molecular weight is 226 g/mol. The maximum atomic E-state index is 11.7. The quantitative estimate of drug-likeness (QED) is 0.752. The van der Waals surface area contributed by atoms with Crippen LogP contribution in [0.25, 0.3) is 0 Å². The molecule has 2 aliphatic rings. The van der Waals surface area contributed by atoms with Gasteiger partial charge in [-0.25, -0.2) is 0 Å². The molecule has 1 saturated heterocycles. The van der Waals surface area contributed by atoms with Gasteiger partial charge in [0.05, 0.1) is 6.10 Å². The van der Waals surface area contributed by atoms with Gasteiger partial charge in [-0.3, -0.25) is 4.79 Å². The number of nitrogens with zero attached hydrogens (tertiary/aromatic N) is 1. The van der Waals surface area contributed by atoms with Crippen LogP contribution < -0.4 is 5.32 Å². The van der Waals surface area contributed by atoms with E-state index in [9.17, 15) is 4.79 Å². The van der Waals surface area contributed by atoms with Crippen LogP contribution in [0.5, 0.6) is 0 Å². The van der Waals surface area contributed by atoms with Crippen molar-refractivity contribution < 1.29 is 9.53 Å². The van der Waals surface area contributed by atoms with Crippen molar-refractivity contribution in [2.24, 2.45) is 0 Å². The number of hydrogen-bond donors (Lipinski definition) is 1. The highest BCUT2D eigenvalue weighted by Crippen LogP contribution is 2.30. The molecule has 0 radical (unpaired) electrons. The lowest BCUT2D eigenvalue weighted by Crippen LogP contribution is -2.44. The minimum atomic E-state index is 0.185. The van der Waals surface area contributed by atoms with E-state index in [4.69, 9.17) is 4.74 Å². The predicted octanol–water partition coefficient (Wildman–Crippen LogP) is 0.763. The minimum absolute atomic E-state index is 0.185. The molecule has 92 valence electrons. The number of ether oxygens (including phenoxy) is 1. The van der Waals surface area contributed by atoms with Crippen LogP contribution in [0.15, 0.2) is 0 Å². The average Bonchev–Trinajstić information content (AvgIpc) is 3.03. The van der Waals surface area contributed by atoms with Crippen LogP contribution >= 0.6 is 0 Å². The van der Waals surface area contributed by atoms with Crippen molar-refractivity contribution in [1.29, 1.82) is 0 Å². The Hall–Kier alpha value is -0.610. The standard InChI is InChI=1S/C12H22N2O2/c1-8(9(2)16-3)13-10-6-12(15)14(7-10)11-4-5-11/h8-11,13H,4-7H2,1-3H3. The van der Waals surface area contributed by atoms with Gasteiger partial charge in [0.2, 0.25) is 5.91 Å². The van der Waals surface area contributed by atoms with Gasteiger partial charge in [-0.15, -0.1) is 0 Å². The second-order valence-corrected chi connectivity index (χ2v) is 5.07. The van der Waals surface area contributed by atoms with E-state index in [2.05, 4.69) is 12.2 Å². The fourth-order valence-corrected chi connectivity index (χ4v) is 2.29. The topological polar surface area (TPSA) is 41.6 Å². The molecule has 0 aromatic rings. The van der Waals surface area contributed by atoms with E-state index in [0.717, 1.165) is 6.54 Å². The molecule has 1 aliphatic carbocycles. The molecule has 2 rings (SSSR count). The van der Waals surface area contributed by atoms with Crippen LogP contribution in [-0.4, -0.2) is 48.7 Å². The summed E-state index contributed by atoms with van der Waals surface area (Å²) in [7, 11) is 1.72. The molecule has 1 N–H and O–H groups in total. The first kappa shape index (κ1) is 11.9. The molecule has 0 aromatic heterocycles. The highest BCUT2D eigenvalue weighted by molar-refractivity contribution is 5.80. The second-order valence-electron chi connectivity index (χ2n) is 5.07. The number of nitrogens with one attached hydrogen (secondary N) is 1. The maximum absolute atomic E-state index is 11.7. The molecular weight excluding hydrogens is 204 g/mol. The molecule has 4 nitrogen and oxygen atoms in total. The normalized spacial score (nSPS) is 29.6. The Morgan fingerprint density at radius 3 is 2.69 bits per heavy atom. The van der Waals surface area contributed by atoms with Gasteiger partial charge in [-0.2, -0.15) is 0 Å². The van der Waals surface area contributed by atoms with E-state index < -0.39 is 0 Å². The molecule has 1 heterocycles. The monoisotopic (exact) mass is 226 g/mol. The molecule has 2 fully saturated rings. The molecule has 4 heteroatoms. The van der Waals surface area contributed by atoms with Crippen LogP contribution in [0.2, 0.25) is 0 Å². The molecule has 1 saturated carbocycles. The second kappa shape index (κ2) is 4.72. The van der Waals surface area contributed by atoms with Gasteiger partial charge >= 0.3 is 0 Å². The Bertz CT molecular complexity index is 266. The number of methoxy groups -OCH3 is 1. The Morgan fingerprint density at radius 1 is 1.44 bits per heavy atom. The van der Waals surface area contributed by atoms with Crippen molar-refractivity contribution in [3.63, 3.8) is 0 Å². The summed E-state index contributed by atoms with van der Waals surface area (Å²) in [6, 6.07) is 1.15. The van der Waals surface area contributed by atoms with Crippen molar-refractivity contribution in [3.05, 3.63) is 0 Å². The first-order valence-corrected chi connectivity index (χ1v) is 6.20. The Kier molecular flexibility index (Phi) is 3.50. The number of hydrogen-bond acceptors (Lipinski definition) is 3. The van der Waals surface area contributed by atoms with Gasteiger partial charge in [0, 0.05) is 38.2 Å². The maximum Gasteiger partial charge on any atom is 0.224 e. The third-order valence-corrected chi connectivity index (χ3v) is 3.72. The summed E-state index contributed by atoms with van der Waals surface area (Å²) in [5, 5.41) is 3.49. The zero-order valence-corrected chi connectivity index (χ0v) is 10.4. The van der Waals surface area contributed by atoms with E-state index in [1.54, 1.807) is 7.11 Å². The van der Waals surface area contributed by atoms with Gasteiger partial charge in [0.1, 0.15) is 0 Å². The number of likely N-dealkylation sites (tertiary alicyclic amines) is 1. The van der Waals surface area contributed by atoms with E-state index in [0.29, 0.717) is 30.5 Å². The summed E-state index contributed by atoms with van der Waals surface area (Å²) in [5.41, 5.74) is 0. The molecule has 16 heavy (non-hydrogen) atoms. The Balaban J connectivity index is 1.81. The Morgan fingerprint density at radius 2 is 2.12 bits per heavy atom. The number of amides is 1. The van der Waals surface area contributed by atoms with Gasteiger partial charge in [0.25, 0.3) is 0 Å². The van der Waals surface area contributed by atoms with Crippen molar-refractivity contribution in [2.75, 3.05) is 13.7 Å². The number of carbonyl (C=O) groups is 1. The first-order chi connectivity index (χ1) is 7.61. The van der Waals surface area contributed by atoms with Crippen LogP contribution in [0, 0.1) is 0 Å². The lowest BCUT2D eigenvalue weighted by molar-refractivity contribution is -0.128. The third kappa shape index (κ3) is 2.55. The summed E-state index contributed by atoms with van der Waals surface area (Å²) in [4.78, 5) is 13.8. The molecule has 0 spiro atoms. The van der Waals surface area contributed by atoms with Crippen molar-refractivity contribution in [2.45, 2.75) is 57.3 Å². The van der Waals surface area contributed by atoms with E-state index >= 15 is 0 Å². The lowest BCUT2D eigenvalue weighted by atomic mass is 10.1. The summed E-state index contributed by atoms with van der Waals surface area (Å²) in [5.74, 6) is 0.317. The summed E-state index contributed by atoms with van der Waals surface area (Å²) in [6.07, 6.45) is 3.23. The predicted molar refractivity (Wildman–Crippen MR) is 62.2 cm³/mol. The molecule has 1 aliphatic heterocycles. The highest BCUT2D eigenvalue weighted by atomic mass is 16.5. The van der Waals surface area contributed by atoms with Crippen LogP contribution in [0.4, 0.5) is 0 Å². The van der Waals surface area contributed by atoms with E-state index in [-0.39, 0.29) is 6.10 Å². The molecule has 0 aromatic carbocycles. The lowest BCUT2D eigenvalue weighted by Gasteiger charge is -2.24. The third-order valence-electron chi connectivity index (χ3n) is 3.72. The summed E-state index contributed by atoms with van der Waals surface area (Å²) in [6.45, 7) is 5.04. The highest BCUT2D eigenvalue weighted by Gasteiger charge is 2.39. The number of rotatable bonds is 5. The number of carbonyl (C=O) groups excluding carboxylic acids is 1. The largest absolute Gasteiger partial charge is 0.380 e. The smallest absolute Gasteiger partial charge is 0.224 e. The summed E-state index contributed by atoms with van der Waals surface area (Å²) < 4.78 is 5.27. The summed E-state index contributed by atoms with van der Waals surface area (Å²) >= 11 is 0. The van der Waals surface area contributed by atoms with Crippen molar-refractivity contribution >= 4 is 5.91 Å². The molecule has 0 bridgehead atoms. The van der Waals surface area contributed by atoms with E-state index in [1.165, 1.54) is 12.8 Å². The first-order valence-electron chi connectivity index (χ1n) is 6.20. The molecular formula is C12H22N2O2. The fraction of sp³-hybridized carbons (Fsp3) is 0.917. The van der Waals surface area contributed by atoms with Gasteiger partial charge in [-0.1, -0.05) is 0 Å². The zero-order chi connectivity index (χ0) is 11.7. The zero-order valence-electron chi connectivity index (χ0n) is 10.4. The minimum Gasteiger partial charge on any atom is -0.380 e. The fourth-order valence-electron chi connectivity index (χ4n) is 2.29. The van der Waals surface area contributed by atoms with Gasteiger partial charge in [0.15, 0.2) is 0 Å². The SMILES string of the molecule is COC(C)C(C)NC1CC(=O)N(C2CC2)C1. The van der Waals surface area contributed by atoms with Crippen molar-refractivity contribution in [3.8, 4) is 0 Å². The van der Waals surface area contributed by atoms with Crippen molar-refractivity contribution in [1.82, 2.24) is 10.2 Å². The Labute approximate surface area is 97.3 Å². The van der Waals surface area contributed by atoms with Crippen LogP contribution in [0.3, 0.4) is 0 Å². The molecule has 3 atom stereocenters. The molecule has 1 amide bonds. The molecule has 3 unspecified atom stereocenters.